The zero-order chi connectivity index (χ0) is 13.8. The molecule has 104 valence electrons. The van der Waals surface area contributed by atoms with Crippen molar-refractivity contribution >= 4 is 11.6 Å². The molecule has 0 radical (unpaired) electrons. The van der Waals surface area contributed by atoms with Crippen molar-refractivity contribution in [3.05, 3.63) is 29.8 Å². The van der Waals surface area contributed by atoms with Crippen LogP contribution in [0.4, 0.5) is 5.69 Å². The average molecular weight is 260 g/mol. The van der Waals surface area contributed by atoms with Gasteiger partial charge in [0, 0.05) is 30.6 Å². The molecule has 1 aliphatic rings. The summed E-state index contributed by atoms with van der Waals surface area (Å²) in [5, 5.41) is 0. The first-order valence-electron chi connectivity index (χ1n) is 7.29. The molecule has 1 aromatic carbocycles. The van der Waals surface area contributed by atoms with Crippen molar-refractivity contribution in [2.24, 2.45) is 5.92 Å². The molecular formula is C16H24N2O. The van der Waals surface area contributed by atoms with Gasteiger partial charge in [-0.2, -0.15) is 0 Å². The van der Waals surface area contributed by atoms with E-state index in [-0.39, 0.29) is 5.92 Å². The maximum atomic E-state index is 12.4. The van der Waals surface area contributed by atoms with Gasteiger partial charge in [-0.1, -0.05) is 26.0 Å². The number of hydrogen-bond donors (Lipinski definition) is 1. The molecule has 0 spiro atoms. The largest absolute Gasteiger partial charge is 0.399 e. The van der Waals surface area contributed by atoms with Crippen LogP contribution in [0.2, 0.25) is 0 Å². The lowest BCUT2D eigenvalue weighted by atomic mass is 9.98. The van der Waals surface area contributed by atoms with E-state index >= 15 is 0 Å². The monoisotopic (exact) mass is 260 g/mol. The summed E-state index contributed by atoms with van der Waals surface area (Å²) in [5.41, 5.74) is 7.90. The summed E-state index contributed by atoms with van der Waals surface area (Å²) in [7, 11) is 0. The van der Waals surface area contributed by atoms with Crippen LogP contribution in [0.1, 0.15) is 44.6 Å². The number of nitrogen functional groups attached to an aromatic ring is 1. The molecule has 1 aromatic rings. The summed E-state index contributed by atoms with van der Waals surface area (Å²) in [4.78, 5) is 14.4. The normalized spacial score (nSPS) is 19.1. The van der Waals surface area contributed by atoms with Crippen molar-refractivity contribution in [2.75, 3.05) is 18.8 Å². The van der Waals surface area contributed by atoms with Crippen LogP contribution >= 0.6 is 0 Å². The molecule has 1 saturated heterocycles. The van der Waals surface area contributed by atoms with E-state index in [1.807, 2.05) is 23.1 Å². The van der Waals surface area contributed by atoms with Gasteiger partial charge in [0.1, 0.15) is 0 Å². The minimum absolute atomic E-state index is 0.194. The third-order valence-corrected chi connectivity index (χ3v) is 4.22. The van der Waals surface area contributed by atoms with Crippen LogP contribution in [0, 0.1) is 5.92 Å². The van der Waals surface area contributed by atoms with Crippen LogP contribution in [-0.2, 0) is 4.79 Å². The standard InChI is InChI=1S/C16H24N2O/c1-3-12(4-2)16(19)18-9-8-14(11-18)13-6-5-7-15(17)10-13/h5-7,10,12,14H,3-4,8-9,11,17H2,1-2H3. The first-order chi connectivity index (χ1) is 9.15. The second-order valence-electron chi connectivity index (χ2n) is 5.45. The number of hydrogen-bond acceptors (Lipinski definition) is 2. The van der Waals surface area contributed by atoms with Crippen LogP contribution in [0.15, 0.2) is 24.3 Å². The molecule has 3 heteroatoms. The molecule has 0 aromatic heterocycles. The fraction of sp³-hybridized carbons (Fsp3) is 0.562. The minimum Gasteiger partial charge on any atom is -0.399 e. The molecule has 1 amide bonds. The highest BCUT2D eigenvalue weighted by Crippen LogP contribution is 2.29. The number of nitrogens with two attached hydrogens (primary N) is 1. The quantitative estimate of drug-likeness (QED) is 0.846. The number of anilines is 1. The lowest BCUT2D eigenvalue weighted by molar-refractivity contribution is -0.134. The predicted octanol–water partition coefficient (Wildman–Crippen LogP) is 3.02. The summed E-state index contributed by atoms with van der Waals surface area (Å²) in [6.45, 7) is 5.92. The van der Waals surface area contributed by atoms with Crippen LogP contribution in [0.25, 0.3) is 0 Å². The molecule has 0 saturated carbocycles. The minimum atomic E-state index is 0.194. The third kappa shape index (κ3) is 3.09. The number of carbonyl (C=O) groups is 1. The Morgan fingerprint density at radius 1 is 1.42 bits per heavy atom. The second-order valence-corrected chi connectivity index (χ2v) is 5.45. The molecule has 0 aliphatic carbocycles. The number of benzene rings is 1. The van der Waals surface area contributed by atoms with Gasteiger partial charge in [-0.15, -0.1) is 0 Å². The zero-order valence-corrected chi connectivity index (χ0v) is 11.9. The Morgan fingerprint density at radius 2 is 2.16 bits per heavy atom. The lowest BCUT2D eigenvalue weighted by Gasteiger charge is -2.22. The van der Waals surface area contributed by atoms with Crippen molar-refractivity contribution in [1.82, 2.24) is 4.90 Å². The van der Waals surface area contributed by atoms with Gasteiger partial charge in [-0.25, -0.2) is 0 Å². The van der Waals surface area contributed by atoms with Crippen LogP contribution < -0.4 is 5.73 Å². The fourth-order valence-electron chi connectivity index (χ4n) is 2.94. The summed E-state index contributed by atoms with van der Waals surface area (Å²) < 4.78 is 0. The Morgan fingerprint density at radius 3 is 2.79 bits per heavy atom. The molecule has 2 rings (SSSR count). The summed E-state index contributed by atoms with van der Waals surface area (Å²) in [6, 6.07) is 8.06. The first-order valence-corrected chi connectivity index (χ1v) is 7.29. The third-order valence-electron chi connectivity index (χ3n) is 4.22. The molecular weight excluding hydrogens is 236 g/mol. The molecule has 1 unspecified atom stereocenters. The number of likely N-dealkylation sites (tertiary alicyclic amines) is 1. The van der Waals surface area contributed by atoms with Crippen LogP contribution in [-0.4, -0.2) is 23.9 Å². The Balaban J connectivity index is 2.02. The summed E-state index contributed by atoms with van der Waals surface area (Å²) in [5.74, 6) is 0.970. The zero-order valence-electron chi connectivity index (χ0n) is 11.9. The molecule has 1 aliphatic heterocycles. The maximum absolute atomic E-state index is 12.4. The van der Waals surface area contributed by atoms with Crippen molar-refractivity contribution in [3.63, 3.8) is 0 Å². The van der Waals surface area contributed by atoms with E-state index in [4.69, 9.17) is 5.73 Å². The van der Waals surface area contributed by atoms with E-state index in [0.717, 1.165) is 38.0 Å². The van der Waals surface area contributed by atoms with Crippen molar-refractivity contribution < 1.29 is 4.79 Å². The SMILES string of the molecule is CCC(CC)C(=O)N1CCC(c2cccc(N)c2)C1. The first kappa shape index (κ1) is 13.9. The van der Waals surface area contributed by atoms with E-state index in [1.54, 1.807) is 0 Å². The second kappa shape index (κ2) is 6.09. The summed E-state index contributed by atoms with van der Waals surface area (Å²) in [6.07, 6.45) is 2.93. The number of carbonyl (C=O) groups excluding carboxylic acids is 1. The Hall–Kier alpha value is -1.51. The number of rotatable bonds is 4. The van der Waals surface area contributed by atoms with E-state index in [1.165, 1.54) is 5.56 Å². The molecule has 3 nitrogen and oxygen atoms in total. The highest BCUT2D eigenvalue weighted by atomic mass is 16.2. The molecule has 1 fully saturated rings. The Labute approximate surface area is 115 Å². The van der Waals surface area contributed by atoms with Crippen LogP contribution in [0.3, 0.4) is 0 Å². The van der Waals surface area contributed by atoms with E-state index in [2.05, 4.69) is 19.9 Å². The van der Waals surface area contributed by atoms with Gasteiger partial charge in [0.25, 0.3) is 0 Å². The fourth-order valence-corrected chi connectivity index (χ4v) is 2.94. The number of amides is 1. The van der Waals surface area contributed by atoms with E-state index in [9.17, 15) is 4.79 Å². The van der Waals surface area contributed by atoms with Crippen LogP contribution in [0.5, 0.6) is 0 Å². The van der Waals surface area contributed by atoms with Gasteiger partial charge in [0.2, 0.25) is 5.91 Å². The van der Waals surface area contributed by atoms with Gasteiger partial charge >= 0.3 is 0 Å². The molecule has 1 heterocycles. The lowest BCUT2D eigenvalue weighted by Crippen LogP contribution is -2.33. The number of nitrogens with zero attached hydrogens (tertiary/aromatic N) is 1. The summed E-state index contributed by atoms with van der Waals surface area (Å²) >= 11 is 0. The molecule has 2 N–H and O–H groups in total. The molecule has 1 atom stereocenters. The van der Waals surface area contributed by atoms with E-state index in [0.29, 0.717) is 11.8 Å². The Bertz CT molecular complexity index is 440. The molecule has 0 bridgehead atoms. The van der Waals surface area contributed by atoms with Gasteiger partial charge in [-0.3, -0.25) is 4.79 Å². The van der Waals surface area contributed by atoms with Crippen molar-refractivity contribution in [3.8, 4) is 0 Å². The highest BCUT2D eigenvalue weighted by Gasteiger charge is 2.30. The maximum Gasteiger partial charge on any atom is 0.225 e. The van der Waals surface area contributed by atoms with Gasteiger partial charge in [-0.05, 0) is 37.0 Å². The molecule has 19 heavy (non-hydrogen) atoms. The van der Waals surface area contributed by atoms with Crippen molar-refractivity contribution in [1.29, 1.82) is 0 Å². The predicted molar refractivity (Wildman–Crippen MR) is 78.9 cm³/mol. The van der Waals surface area contributed by atoms with E-state index < -0.39 is 0 Å². The average Bonchev–Trinajstić information content (AvgIpc) is 2.89. The van der Waals surface area contributed by atoms with Crippen molar-refractivity contribution in [2.45, 2.75) is 39.0 Å². The van der Waals surface area contributed by atoms with Gasteiger partial charge in [0.15, 0.2) is 0 Å². The van der Waals surface area contributed by atoms with Gasteiger partial charge in [0.05, 0.1) is 0 Å². The van der Waals surface area contributed by atoms with Gasteiger partial charge < -0.3 is 10.6 Å². The highest BCUT2D eigenvalue weighted by molar-refractivity contribution is 5.79. The topological polar surface area (TPSA) is 46.3 Å². The Kier molecular flexibility index (Phi) is 4.46. The smallest absolute Gasteiger partial charge is 0.225 e.